The molecule has 4 nitrogen and oxygen atoms in total. The molecule has 1 aliphatic carbocycles. The fourth-order valence-corrected chi connectivity index (χ4v) is 2.79. The van der Waals surface area contributed by atoms with Crippen molar-refractivity contribution in [1.82, 2.24) is 14.9 Å². The molecule has 3 rings (SSSR count). The van der Waals surface area contributed by atoms with Gasteiger partial charge in [0.1, 0.15) is 16.2 Å². The normalized spacial score (nSPS) is 22.1. The highest BCUT2D eigenvalue weighted by molar-refractivity contribution is 9.10. The van der Waals surface area contributed by atoms with Gasteiger partial charge in [-0.05, 0) is 61.8 Å². The third kappa shape index (κ3) is 3.01. The molecular weight excluding hydrogens is 292 g/mol. The number of nitrogens with zero attached hydrogens (tertiary/aromatic N) is 3. The summed E-state index contributed by atoms with van der Waals surface area (Å²) >= 11 is 3.48. The van der Waals surface area contributed by atoms with E-state index in [9.17, 15) is 0 Å². The van der Waals surface area contributed by atoms with Gasteiger partial charge >= 0.3 is 0 Å². The van der Waals surface area contributed by atoms with Crippen LogP contribution in [-0.2, 0) is 0 Å². The second kappa shape index (κ2) is 5.13. The number of hydrogen-bond acceptors (Lipinski definition) is 4. The van der Waals surface area contributed by atoms with Crippen LogP contribution >= 0.6 is 15.9 Å². The van der Waals surface area contributed by atoms with E-state index < -0.39 is 0 Å². The van der Waals surface area contributed by atoms with Crippen molar-refractivity contribution in [3.05, 3.63) is 16.5 Å². The minimum absolute atomic E-state index is 0.551. The van der Waals surface area contributed by atoms with Crippen LogP contribution in [0, 0.1) is 0 Å². The monoisotopic (exact) mass is 310 g/mol. The van der Waals surface area contributed by atoms with E-state index in [0.29, 0.717) is 12.0 Å². The molecule has 2 aliphatic rings. The number of halogens is 1. The van der Waals surface area contributed by atoms with Gasteiger partial charge in [-0.3, -0.25) is 0 Å². The SMILES string of the molecule is CN1CCC(Nc2cc(Br)nc(C3CC3)n2)CC1. The van der Waals surface area contributed by atoms with Crippen LogP contribution in [-0.4, -0.2) is 41.0 Å². The maximum Gasteiger partial charge on any atom is 0.135 e. The molecule has 0 bridgehead atoms. The minimum atomic E-state index is 0.551. The van der Waals surface area contributed by atoms with E-state index in [1.807, 2.05) is 6.07 Å². The van der Waals surface area contributed by atoms with Crippen LogP contribution in [0.25, 0.3) is 0 Å². The highest BCUT2D eigenvalue weighted by atomic mass is 79.9. The van der Waals surface area contributed by atoms with Crippen LogP contribution < -0.4 is 5.32 Å². The van der Waals surface area contributed by atoms with E-state index in [4.69, 9.17) is 0 Å². The molecule has 0 aromatic carbocycles. The molecule has 1 aliphatic heterocycles. The Bertz CT molecular complexity index is 425. The molecule has 0 radical (unpaired) electrons. The van der Waals surface area contributed by atoms with E-state index in [2.05, 4.69) is 43.2 Å². The van der Waals surface area contributed by atoms with Crippen molar-refractivity contribution < 1.29 is 0 Å². The lowest BCUT2D eigenvalue weighted by Crippen LogP contribution is -2.36. The van der Waals surface area contributed by atoms with Crippen LogP contribution in [0.15, 0.2) is 10.7 Å². The Morgan fingerprint density at radius 3 is 2.61 bits per heavy atom. The Morgan fingerprint density at radius 1 is 1.22 bits per heavy atom. The lowest BCUT2D eigenvalue weighted by atomic mass is 10.1. The molecule has 1 aromatic heterocycles. The maximum atomic E-state index is 4.64. The number of hydrogen-bond donors (Lipinski definition) is 1. The predicted octanol–water partition coefficient (Wildman–Crippen LogP) is 2.62. The summed E-state index contributed by atoms with van der Waals surface area (Å²) < 4.78 is 0.898. The Hall–Kier alpha value is -0.680. The molecule has 98 valence electrons. The molecule has 0 amide bonds. The van der Waals surface area contributed by atoms with Crippen molar-refractivity contribution in [1.29, 1.82) is 0 Å². The summed E-state index contributed by atoms with van der Waals surface area (Å²) in [6.45, 7) is 2.33. The second-order valence-electron chi connectivity index (χ2n) is 5.43. The van der Waals surface area contributed by atoms with E-state index in [1.54, 1.807) is 0 Å². The molecule has 2 heterocycles. The molecule has 18 heavy (non-hydrogen) atoms. The zero-order valence-corrected chi connectivity index (χ0v) is 12.3. The first-order chi connectivity index (χ1) is 8.70. The molecule has 0 unspecified atom stereocenters. The average Bonchev–Trinajstić information content (AvgIpc) is 3.15. The highest BCUT2D eigenvalue weighted by Gasteiger charge is 2.27. The molecule has 1 N–H and O–H groups in total. The van der Waals surface area contributed by atoms with Crippen molar-refractivity contribution in [3.8, 4) is 0 Å². The molecular formula is C13H19BrN4. The fourth-order valence-electron chi connectivity index (χ4n) is 2.40. The quantitative estimate of drug-likeness (QED) is 0.871. The van der Waals surface area contributed by atoms with Crippen LogP contribution in [0.4, 0.5) is 5.82 Å². The molecule has 2 fully saturated rings. The third-order valence-electron chi connectivity index (χ3n) is 3.73. The summed E-state index contributed by atoms with van der Waals surface area (Å²) in [5.41, 5.74) is 0. The van der Waals surface area contributed by atoms with Crippen LogP contribution in [0.3, 0.4) is 0 Å². The molecule has 0 spiro atoms. The van der Waals surface area contributed by atoms with Crippen molar-refractivity contribution in [2.75, 3.05) is 25.5 Å². The van der Waals surface area contributed by atoms with Gasteiger partial charge in [0.25, 0.3) is 0 Å². The van der Waals surface area contributed by atoms with E-state index >= 15 is 0 Å². The first kappa shape index (κ1) is 12.4. The van der Waals surface area contributed by atoms with Gasteiger partial charge < -0.3 is 10.2 Å². The lowest BCUT2D eigenvalue weighted by Gasteiger charge is -2.29. The van der Waals surface area contributed by atoms with Crippen LogP contribution in [0.5, 0.6) is 0 Å². The highest BCUT2D eigenvalue weighted by Crippen LogP contribution is 2.38. The van der Waals surface area contributed by atoms with Gasteiger partial charge in [0.15, 0.2) is 0 Å². The maximum absolute atomic E-state index is 4.64. The lowest BCUT2D eigenvalue weighted by molar-refractivity contribution is 0.263. The van der Waals surface area contributed by atoms with Crippen LogP contribution in [0.1, 0.15) is 37.4 Å². The number of aromatic nitrogens is 2. The smallest absolute Gasteiger partial charge is 0.135 e. The topological polar surface area (TPSA) is 41.0 Å². The van der Waals surface area contributed by atoms with Gasteiger partial charge in [0.05, 0.1) is 0 Å². The van der Waals surface area contributed by atoms with E-state index in [-0.39, 0.29) is 0 Å². The Balaban J connectivity index is 1.68. The fraction of sp³-hybridized carbons (Fsp3) is 0.692. The van der Waals surface area contributed by atoms with Crippen molar-refractivity contribution in [3.63, 3.8) is 0 Å². The molecule has 0 atom stereocenters. The van der Waals surface area contributed by atoms with E-state index in [0.717, 1.165) is 16.2 Å². The zero-order chi connectivity index (χ0) is 12.5. The number of anilines is 1. The summed E-state index contributed by atoms with van der Waals surface area (Å²) in [7, 11) is 2.18. The van der Waals surface area contributed by atoms with Crippen LogP contribution in [0.2, 0.25) is 0 Å². The Kier molecular flexibility index (Phi) is 3.52. The molecule has 1 aromatic rings. The number of likely N-dealkylation sites (tertiary alicyclic amines) is 1. The van der Waals surface area contributed by atoms with Crippen molar-refractivity contribution in [2.45, 2.75) is 37.6 Å². The average molecular weight is 311 g/mol. The third-order valence-corrected chi connectivity index (χ3v) is 4.13. The van der Waals surface area contributed by atoms with Gasteiger partial charge in [-0.1, -0.05) is 0 Å². The first-order valence-electron chi connectivity index (χ1n) is 6.70. The van der Waals surface area contributed by atoms with Gasteiger partial charge in [0, 0.05) is 18.0 Å². The first-order valence-corrected chi connectivity index (χ1v) is 7.49. The molecule has 5 heteroatoms. The standard InChI is InChI=1S/C13H19BrN4/c1-18-6-4-10(5-7-18)15-12-8-11(14)16-13(17-12)9-2-3-9/h8-10H,2-7H2,1H3,(H,15,16,17). The molecule has 1 saturated heterocycles. The minimum Gasteiger partial charge on any atom is -0.367 e. The van der Waals surface area contributed by atoms with E-state index in [1.165, 1.54) is 38.8 Å². The van der Waals surface area contributed by atoms with Gasteiger partial charge in [-0.2, -0.15) is 0 Å². The van der Waals surface area contributed by atoms with Crippen molar-refractivity contribution in [2.24, 2.45) is 0 Å². The predicted molar refractivity (Wildman–Crippen MR) is 75.8 cm³/mol. The summed E-state index contributed by atoms with van der Waals surface area (Å²) in [5.74, 6) is 2.58. The second-order valence-corrected chi connectivity index (χ2v) is 6.24. The number of piperidine rings is 1. The van der Waals surface area contributed by atoms with Gasteiger partial charge in [0.2, 0.25) is 0 Å². The number of nitrogens with one attached hydrogen (secondary N) is 1. The number of rotatable bonds is 3. The van der Waals surface area contributed by atoms with Gasteiger partial charge in [-0.25, -0.2) is 9.97 Å². The zero-order valence-electron chi connectivity index (χ0n) is 10.7. The summed E-state index contributed by atoms with van der Waals surface area (Å²) in [6.07, 6.45) is 4.86. The van der Waals surface area contributed by atoms with Crippen molar-refractivity contribution >= 4 is 21.7 Å². The van der Waals surface area contributed by atoms with Gasteiger partial charge in [-0.15, -0.1) is 0 Å². The summed E-state index contributed by atoms with van der Waals surface area (Å²) in [4.78, 5) is 11.5. The largest absolute Gasteiger partial charge is 0.367 e. The Morgan fingerprint density at radius 2 is 1.94 bits per heavy atom. The Labute approximate surface area is 116 Å². The summed E-state index contributed by atoms with van der Waals surface area (Å²) in [6, 6.07) is 2.54. The molecule has 1 saturated carbocycles. The summed E-state index contributed by atoms with van der Waals surface area (Å²) in [5, 5.41) is 3.56.